The number of hydrogen-bond acceptors (Lipinski definition) is 1. The number of alkyl halides is 6. The van der Waals surface area contributed by atoms with E-state index in [9.17, 15) is 31.1 Å². The number of likely N-dealkylation sites (tertiary alicyclic amines) is 1. The van der Waals surface area contributed by atoms with Crippen LogP contribution in [-0.4, -0.2) is 17.4 Å². The summed E-state index contributed by atoms with van der Waals surface area (Å²) in [5.74, 6) is -0.587. The number of allylic oxidation sites excluding steroid dienone is 1. The fourth-order valence-corrected chi connectivity index (χ4v) is 2.93. The second-order valence-corrected chi connectivity index (χ2v) is 6.04. The van der Waals surface area contributed by atoms with Crippen LogP contribution in [0.25, 0.3) is 0 Å². The van der Waals surface area contributed by atoms with Crippen LogP contribution in [0.1, 0.15) is 36.0 Å². The Balaban J connectivity index is 2.32. The Labute approximate surface area is 141 Å². The number of piperidine rings is 1. The van der Waals surface area contributed by atoms with Crippen LogP contribution in [-0.2, 0) is 23.7 Å². The minimum Gasteiger partial charge on any atom is -0.338 e. The summed E-state index contributed by atoms with van der Waals surface area (Å²) in [6, 6.07) is 1.42. The van der Waals surface area contributed by atoms with Gasteiger partial charge in [0.1, 0.15) is 0 Å². The fraction of sp³-hybridized carbons (Fsp3) is 0.471. The van der Waals surface area contributed by atoms with Gasteiger partial charge in [-0.25, -0.2) is 0 Å². The van der Waals surface area contributed by atoms with Gasteiger partial charge in [0.15, 0.2) is 0 Å². The van der Waals surface area contributed by atoms with Gasteiger partial charge in [-0.15, -0.1) is 6.58 Å². The van der Waals surface area contributed by atoms with E-state index in [0.29, 0.717) is 37.9 Å². The third-order valence-electron chi connectivity index (χ3n) is 4.11. The van der Waals surface area contributed by atoms with Crippen molar-refractivity contribution in [3.63, 3.8) is 0 Å². The average molecular weight is 365 g/mol. The Kier molecular flexibility index (Phi) is 5.49. The Bertz CT molecular complexity index is 617. The molecule has 0 radical (unpaired) electrons. The summed E-state index contributed by atoms with van der Waals surface area (Å²) in [7, 11) is 0. The normalized spacial score (nSPS) is 19.2. The molecule has 0 spiro atoms. The van der Waals surface area contributed by atoms with E-state index in [1.807, 2.05) is 0 Å². The zero-order valence-corrected chi connectivity index (χ0v) is 13.3. The van der Waals surface area contributed by atoms with Gasteiger partial charge in [-0.2, -0.15) is 26.3 Å². The van der Waals surface area contributed by atoms with Gasteiger partial charge in [0.25, 0.3) is 0 Å². The lowest BCUT2D eigenvalue weighted by atomic mass is 9.93. The smallest absolute Gasteiger partial charge is 0.338 e. The molecule has 1 saturated heterocycles. The first-order chi connectivity index (χ1) is 11.5. The summed E-state index contributed by atoms with van der Waals surface area (Å²) in [6.45, 7) is 3.59. The van der Waals surface area contributed by atoms with E-state index in [1.165, 1.54) is 4.90 Å². The quantitative estimate of drug-likeness (QED) is 0.541. The van der Waals surface area contributed by atoms with Gasteiger partial charge in [0.2, 0.25) is 5.91 Å². The molecule has 0 bridgehead atoms. The molecule has 0 saturated carbocycles. The van der Waals surface area contributed by atoms with Crippen LogP contribution in [0.5, 0.6) is 0 Å². The van der Waals surface area contributed by atoms with Crippen molar-refractivity contribution >= 4 is 5.91 Å². The maximum absolute atomic E-state index is 12.9. The van der Waals surface area contributed by atoms with Crippen molar-refractivity contribution in [2.45, 2.75) is 38.2 Å². The molecule has 2 nitrogen and oxygen atoms in total. The number of rotatable bonds is 4. The second kappa shape index (κ2) is 7.09. The van der Waals surface area contributed by atoms with Crippen LogP contribution in [0.2, 0.25) is 0 Å². The van der Waals surface area contributed by atoms with Crippen molar-refractivity contribution in [3.05, 3.63) is 47.5 Å². The molecule has 1 aromatic carbocycles. The Morgan fingerprint density at radius 2 is 1.64 bits per heavy atom. The molecule has 1 atom stereocenters. The molecule has 2 rings (SSSR count). The maximum Gasteiger partial charge on any atom is 0.416 e. The Morgan fingerprint density at radius 3 is 2.12 bits per heavy atom. The minimum absolute atomic E-state index is 0.0854. The molecular weight excluding hydrogens is 348 g/mol. The number of nitrogens with zero attached hydrogens (tertiary/aromatic N) is 1. The number of halogens is 6. The number of carbonyl (C=O) groups is 1. The highest BCUT2D eigenvalue weighted by Crippen LogP contribution is 2.36. The van der Waals surface area contributed by atoms with Gasteiger partial charge in [0.05, 0.1) is 11.1 Å². The first-order valence-electron chi connectivity index (χ1n) is 7.70. The molecule has 1 aromatic rings. The first-order valence-corrected chi connectivity index (χ1v) is 7.70. The lowest BCUT2D eigenvalue weighted by Gasteiger charge is -2.32. The van der Waals surface area contributed by atoms with Crippen LogP contribution < -0.4 is 0 Å². The third kappa shape index (κ3) is 4.76. The van der Waals surface area contributed by atoms with Gasteiger partial charge in [-0.05, 0) is 43.0 Å². The molecule has 0 aliphatic carbocycles. The van der Waals surface area contributed by atoms with Gasteiger partial charge in [-0.3, -0.25) is 4.79 Å². The van der Waals surface area contributed by atoms with E-state index in [4.69, 9.17) is 0 Å². The summed E-state index contributed by atoms with van der Waals surface area (Å²) in [5.41, 5.74) is -2.93. The predicted molar refractivity (Wildman–Crippen MR) is 79.4 cm³/mol. The molecule has 1 aliphatic rings. The van der Waals surface area contributed by atoms with Crippen molar-refractivity contribution in [2.24, 2.45) is 5.92 Å². The van der Waals surface area contributed by atoms with Crippen LogP contribution in [0.15, 0.2) is 30.9 Å². The van der Waals surface area contributed by atoms with Crippen molar-refractivity contribution < 1.29 is 31.1 Å². The fourth-order valence-electron chi connectivity index (χ4n) is 2.93. The van der Waals surface area contributed by atoms with Crippen molar-refractivity contribution in [2.75, 3.05) is 6.54 Å². The zero-order valence-electron chi connectivity index (χ0n) is 13.3. The van der Waals surface area contributed by atoms with Gasteiger partial charge in [-0.1, -0.05) is 6.08 Å². The monoisotopic (exact) mass is 365 g/mol. The van der Waals surface area contributed by atoms with Crippen molar-refractivity contribution in [1.29, 1.82) is 0 Å². The summed E-state index contributed by atoms with van der Waals surface area (Å²) in [4.78, 5) is 13.6. The molecule has 1 fully saturated rings. The van der Waals surface area contributed by atoms with Crippen LogP contribution in [0.4, 0.5) is 26.3 Å². The van der Waals surface area contributed by atoms with E-state index in [2.05, 4.69) is 6.58 Å². The van der Waals surface area contributed by atoms with E-state index in [1.54, 1.807) is 6.08 Å². The van der Waals surface area contributed by atoms with Gasteiger partial charge >= 0.3 is 12.4 Å². The van der Waals surface area contributed by atoms with E-state index < -0.39 is 23.5 Å². The highest BCUT2D eigenvalue weighted by atomic mass is 19.4. The van der Waals surface area contributed by atoms with E-state index in [0.717, 1.165) is 0 Å². The number of hydrogen-bond donors (Lipinski definition) is 0. The summed E-state index contributed by atoms with van der Waals surface area (Å²) in [6.07, 6.45) is -6.49. The molecule has 1 heterocycles. The summed E-state index contributed by atoms with van der Waals surface area (Å²) >= 11 is 0. The summed E-state index contributed by atoms with van der Waals surface area (Å²) in [5, 5.41) is 0. The zero-order chi connectivity index (χ0) is 18.8. The van der Waals surface area contributed by atoms with E-state index >= 15 is 0 Å². The SMILES string of the molecule is C=CCC1CCCN(Cc2cc(C(F)(F)F)cc(C(F)(F)F)c2)C1=O. The third-order valence-corrected chi connectivity index (χ3v) is 4.11. The number of amides is 1. The highest BCUT2D eigenvalue weighted by Gasteiger charge is 2.37. The molecular formula is C17H17F6NO. The van der Waals surface area contributed by atoms with Crippen LogP contribution in [0.3, 0.4) is 0 Å². The molecule has 138 valence electrons. The lowest BCUT2D eigenvalue weighted by Crippen LogP contribution is -2.40. The molecule has 1 amide bonds. The van der Waals surface area contributed by atoms with Crippen LogP contribution in [0, 0.1) is 5.92 Å². The maximum atomic E-state index is 12.9. The average Bonchev–Trinajstić information content (AvgIpc) is 2.49. The number of carbonyl (C=O) groups excluding carboxylic acids is 1. The van der Waals surface area contributed by atoms with Gasteiger partial charge in [0, 0.05) is 19.0 Å². The molecule has 1 unspecified atom stereocenters. The number of benzene rings is 1. The molecule has 0 N–H and O–H groups in total. The molecule has 0 aromatic heterocycles. The highest BCUT2D eigenvalue weighted by molar-refractivity contribution is 5.79. The first kappa shape index (κ1) is 19.3. The lowest BCUT2D eigenvalue weighted by molar-refractivity contribution is -0.143. The largest absolute Gasteiger partial charge is 0.416 e. The minimum atomic E-state index is -4.90. The predicted octanol–water partition coefficient (Wildman–Crippen LogP) is 5.04. The van der Waals surface area contributed by atoms with E-state index in [-0.39, 0.29) is 30.0 Å². The second-order valence-electron chi connectivity index (χ2n) is 6.04. The molecule has 1 aliphatic heterocycles. The van der Waals surface area contributed by atoms with Crippen LogP contribution >= 0.6 is 0 Å². The standard InChI is InChI=1S/C17H17F6NO/c1-2-4-12-5-3-6-24(15(12)25)10-11-7-13(16(18,19)20)9-14(8-11)17(21,22)23/h2,7-9,12H,1,3-6,10H2. The van der Waals surface area contributed by atoms with Crippen molar-refractivity contribution in [1.82, 2.24) is 4.90 Å². The topological polar surface area (TPSA) is 20.3 Å². The van der Waals surface area contributed by atoms with Crippen molar-refractivity contribution in [3.8, 4) is 0 Å². The van der Waals surface area contributed by atoms with Gasteiger partial charge < -0.3 is 4.90 Å². The summed E-state index contributed by atoms with van der Waals surface area (Å²) < 4.78 is 77.4. The Hall–Kier alpha value is -1.99. The molecule has 25 heavy (non-hydrogen) atoms. The Morgan fingerprint density at radius 1 is 1.08 bits per heavy atom. The molecule has 8 heteroatoms.